The average molecular weight is 338 g/mol. The van der Waals surface area contributed by atoms with Crippen molar-refractivity contribution in [3.05, 3.63) is 61.8 Å². The lowest BCUT2D eigenvalue weighted by atomic mass is 10.3. The molecule has 2 rings (SSSR count). The summed E-state index contributed by atoms with van der Waals surface area (Å²) < 4.78 is 2.19. The minimum atomic E-state index is -0.325. The zero-order valence-corrected chi connectivity index (χ0v) is 12.0. The Morgan fingerprint density at radius 3 is 2.85 bits per heavy atom. The van der Waals surface area contributed by atoms with Crippen LogP contribution in [-0.4, -0.2) is 15.5 Å². The van der Waals surface area contributed by atoms with Gasteiger partial charge in [0.2, 0.25) is 11.3 Å². The second kappa shape index (κ2) is 6.33. The van der Waals surface area contributed by atoms with Crippen LogP contribution in [0.5, 0.6) is 0 Å². The van der Waals surface area contributed by atoms with Crippen LogP contribution >= 0.6 is 15.9 Å². The molecular weight excluding hydrogens is 326 g/mol. The first-order valence-corrected chi connectivity index (χ1v) is 6.68. The van der Waals surface area contributed by atoms with E-state index in [0.29, 0.717) is 0 Å². The molecule has 0 aromatic carbocycles. The zero-order chi connectivity index (χ0) is 14.5. The van der Waals surface area contributed by atoms with Crippen molar-refractivity contribution in [1.29, 1.82) is 0 Å². The molecular formula is C13H12BrN3O3. The van der Waals surface area contributed by atoms with Gasteiger partial charge in [-0.1, -0.05) is 0 Å². The number of rotatable bonds is 4. The normalized spacial score (nSPS) is 10.2. The number of halogens is 1. The number of carbonyl (C=O) groups is 1. The van der Waals surface area contributed by atoms with Gasteiger partial charge in [0.1, 0.15) is 5.69 Å². The summed E-state index contributed by atoms with van der Waals surface area (Å²) in [6.45, 7) is 0.245. The number of aryl methyl sites for hydroxylation is 1. The molecule has 6 nitrogen and oxygen atoms in total. The van der Waals surface area contributed by atoms with E-state index in [2.05, 4.69) is 26.2 Å². The van der Waals surface area contributed by atoms with E-state index in [-0.39, 0.29) is 35.5 Å². The zero-order valence-electron chi connectivity index (χ0n) is 10.4. The molecule has 0 saturated heterocycles. The molecule has 0 spiro atoms. The van der Waals surface area contributed by atoms with Crippen LogP contribution in [0.3, 0.4) is 0 Å². The number of aromatic nitrogens is 2. The van der Waals surface area contributed by atoms with Crippen LogP contribution in [0, 0.1) is 0 Å². The maximum absolute atomic E-state index is 11.7. The van der Waals surface area contributed by atoms with Crippen molar-refractivity contribution in [1.82, 2.24) is 9.55 Å². The number of amides is 1. The Kier molecular flexibility index (Phi) is 4.52. The van der Waals surface area contributed by atoms with Crippen molar-refractivity contribution >= 4 is 27.5 Å². The van der Waals surface area contributed by atoms with Crippen LogP contribution in [0.25, 0.3) is 0 Å². The molecule has 0 aliphatic heterocycles. The van der Waals surface area contributed by atoms with E-state index in [1.54, 1.807) is 12.3 Å². The minimum absolute atomic E-state index is 0.102. The van der Waals surface area contributed by atoms with Gasteiger partial charge in [-0.05, 0) is 22.0 Å². The first kappa shape index (κ1) is 14.3. The maximum Gasteiger partial charge on any atom is 0.250 e. The summed E-state index contributed by atoms with van der Waals surface area (Å²) in [4.78, 5) is 37.4. The summed E-state index contributed by atoms with van der Waals surface area (Å²) >= 11 is 3.26. The number of pyridine rings is 2. The van der Waals surface area contributed by atoms with Crippen molar-refractivity contribution in [3.8, 4) is 0 Å². The molecule has 0 unspecified atom stereocenters. The van der Waals surface area contributed by atoms with Gasteiger partial charge in [0.15, 0.2) is 0 Å². The van der Waals surface area contributed by atoms with Crippen molar-refractivity contribution in [3.63, 3.8) is 0 Å². The van der Waals surface area contributed by atoms with E-state index >= 15 is 0 Å². The Balaban J connectivity index is 1.99. The van der Waals surface area contributed by atoms with Crippen LogP contribution in [0.2, 0.25) is 0 Å². The van der Waals surface area contributed by atoms with Crippen molar-refractivity contribution in [2.45, 2.75) is 13.0 Å². The fourth-order valence-electron chi connectivity index (χ4n) is 1.63. The van der Waals surface area contributed by atoms with Gasteiger partial charge in [0.25, 0.3) is 5.56 Å². The highest BCUT2D eigenvalue weighted by Gasteiger charge is 2.06. The predicted octanol–water partition coefficient (Wildman–Crippen LogP) is 1.33. The van der Waals surface area contributed by atoms with Crippen LogP contribution in [0.4, 0.5) is 5.69 Å². The molecule has 0 aliphatic rings. The Hall–Kier alpha value is -2.15. The molecule has 0 saturated carbocycles. The van der Waals surface area contributed by atoms with Gasteiger partial charge in [-0.15, -0.1) is 0 Å². The number of nitrogens with zero attached hydrogens (tertiary/aromatic N) is 1. The lowest BCUT2D eigenvalue weighted by molar-refractivity contribution is -0.116. The average Bonchev–Trinajstić information content (AvgIpc) is 2.42. The Morgan fingerprint density at radius 1 is 1.30 bits per heavy atom. The third-order valence-corrected chi connectivity index (χ3v) is 3.09. The van der Waals surface area contributed by atoms with Crippen molar-refractivity contribution in [2.75, 3.05) is 5.32 Å². The SMILES string of the molecule is O=C(CCn1cc(Br)ccc1=O)Nc1c[nH]ccc1=O. The Morgan fingerprint density at radius 2 is 2.10 bits per heavy atom. The van der Waals surface area contributed by atoms with Crippen LogP contribution in [-0.2, 0) is 11.3 Å². The highest BCUT2D eigenvalue weighted by molar-refractivity contribution is 9.10. The summed E-state index contributed by atoms with van der Waals surface area (Å²) in [5.41, 5.74) is -0.255. The molecule has 7 heteroatoms. The standard InChI is InChI=1S/C13H12BrN3O3/c14-9-1-2-13(20)17(8-9)6-4-12(19)16-10-7-15-5-3-11(10)18/h1-3,5,7-8H,4,6H2,(H,15,18)(H,16,19). The topological polar surface area (TPSA) is 84.0 Å². The molecule has 104 valence electrons. The Bertz CT molecular complexity index is 736. The molecule has 0 aliphatic carbocycles. The first-order valence-electron chi connectivity index (χ1n) is 5.89. The summed E-state index contributed by atoms with van der Waals surface area (Å²) in [7, 11) is 0. The molecule has 1 amide bonds. The maximum atomic E-state index is 11.7. The van der Waals surface area contributed by atoms with Gasteiger partial charge in [-0.3, -0.25) is 14.4 Å². The van der Waals surface area contributed by atoms with E-state index in [1.165, 1.54) is 29.1 Å². The summed E-state index contributed by atoms with van der Waals surface area (Å²) in [6, 6.07) is 4.39. The van der Waals surface area contributed by atoms with E-state index in [4.69, 9.17) is 0 Å². The third-order valence-electron chi connectivity index (χ3n) is 2.63. The summed E-state index contributed by atoms with van der Waals surface area (Å²) in [5.74, 6) is -0.325. The predicted molar refractivity (Wildman–Crippen MR) is 78.7 cm³/mol. The van der Waals surface area contributed by atoms with E-state index < -0.39 is 0 Å². The lowest BCUT2D eigenvalue weighted by Gasteiger charge is -2.06. The van der Waals surface area contributed by atoms with Crippen molar-refractivity contribution < 1.29 is 4.79 Å². The second-order valence-corrected chi connectivity index (χ2v) is 5.02. The number of hydrogen-bond donors (Lipinski definition) is 2. The second-order valence-electron chi connectivity index (χ2n) is 4.10. The minimum Gasteiger partial charge on any atom is -0.366 e. The van der Waals surface area contributed by atoms with Gasteiger partial charge < -0.3 is 14.9 Å². The number of anilines is 1. The highest BCUT2D eigenvalue weighted by atomic mass is 79.9. The van der Waals surface area contributed by atoms with Crippen molar-refractivity contribution in [2.24, 2.45) is 0 Å². The van der Waals surface area contributed by atoms with Gasteiger partial charge in [-0.25, -0.2) is 0 Å². The number of H-pyrrole nitrogens is 1. The quantitative estimate of drug-likeness (QED) is 0.882. The van der Waals surface area contributed by atoms with Crippen LogP contribution in [0.1, 0.15) is 6.42 Å². The van der Waals surface area contributed by atoms with E-state index in [9.17, 15) is 14.4 Å². The number of carbonyl (C=O) groups excluding carboxylic acids is 1. The molecule has 0 fully saturated rings. The molecule has 2 aromatic rings. The van der Waals surface area contributed by atoms with Gasteiger partial charge in [0.05, 0.1) is 0 Å². The van der Waals surface area contributed by atoms with Crippen LogP contribution < -0.4 is 16.3 Å². The molecule has 20 heavy (non-hydrogen) atoms. The third kappa shape index (κ3) is 3.67. The number of nitrogens with one attached hydrogen (secondary N) is 2. The molecule has 0 radical (unpaired) electrons. The Labute approximate surface area is 122 Å². The lowest BCUT2D eigenvalue weighted by Crippen LogP contribution is -2.23. The fraction of sp³-hybridized carbons (Fsp3) is 0.154. The molecule has 0 atom stereocenters. The van der Waals surface area contributed by atoms with E-state index in [1.807, 2.05) is 0 Å². The molecule has 2 heterocycles. The largest absolute Gasteiger partial charge is 0.366 e. The fourth-order valence-corrected chi connectivity index (χ4v) is 2.00. The summed E-state index contributed by atoms with van der Waals surface area (Å²) in [6.07, 6.45) is 4.63. The number of aromatic amines is 1. The smallest absolute Gasteiger partial charge is 0.250 e. The van der Waals surface area contributed by atoms with Gasteiger partial charge in [0, 0.05) is 48.2 Å². The molecule has 2 aromatic heterocycles. The van der Waals surface area contributed by atoms with Gasteiger partial charge >= 0.3 is 0 Å². The highest BCUT2D eigenvalue weighted by Crippen LogP contribution is 2.05. The summed E-state index contributed by atoms with van der Waals surface area (Å²) in [5, 5.41) is 2.50. The monoisotopic (exact) mass is 337 g/mol. The molecule has 0 bridgehead atoms. The van der Waals surface area contributed by atoms with Crippen LogP contribution in [0.15, 0.2) is 50.9 Å². The van der Waals surface area contributed by atoms with Gasteiger partial charge in [-0.2, -0.15) is 0 Å². The first-order chi connectivity index (χ1) is 9.56. The molecule has 2 N–H and O–H groups in total. The van der Waals surface area contributed by atoms with E-state index in [0.717, 1.165) is 4.47 Å². The number of hydrogen-bond acceptors (Lipinski definition) is 3.